The molecule has 0 saturated heterocycles. The van der Waals surface area contributed by atoms with Crippen molar-refractivity contribution in [3.05, 3.63) is 64.7 Å². The molecule has 0 fully saturated rings. The Balaban J connectivity index is 2.07. The Bertz CT molecular complexity index is 529. The van der Waals surface area contributed by atoms with Gasteiger partial charge in [-0.25, -0.2) is 8.78 Å². The largest absolute Gasteiger partial charge is 0.381 e. The highest BCUT2D eigenvalue weighted by Crippen LogP contribution is 2.19. The zero-order valence-electron chi connectivity index (χ0n) is 8.88. The SMILES string of the molecule is Fc1cccc(NCc2ccc(F)cc2Cl)c1. The maximum absolute atomic E-state index is 12.9. The quantitative estimate of drug-likeness (QED) is 0.863. The summed E-state index contributed by atoms with van der Waals surface area (Å²) in [5, 5.41) is 3.37. The van der Waals surface area contributed by atoms with E-state index in [-0.39, 0.29) is 11.6 Å². The second-order valence-electron chi connectivity index (χ2n) is 3.60. The summed E-state index contributed by atoms with van der Waals surface area (Å²) in [6.07, 6.45) is 0. The third kappa shape index (κ3) is 3.17. The summed E-state index contributed by atoms with van der Waals surface area (Å²) in [6.45, 7) is 0.419. The fraction of sp³-hybridized carbons (Fsp3) is 0.0769. The minimum atomic E-state index is -0.371. The molecule has 0 heterocycles. The van der Waals surface area contributed by atoms with Crippen LogP contribution in [0.5, 0.6) is 0 Å². The van der Waals surface area contributed by atoms with Gasteiger partial charge in [0, 0.05) is 17.3 Å². The van der Waals surface area contributed by atoms with Gasteiger partial charge in [0.2, 0.25) is 0 Å². The van der Waals surface area contributed by atoms with Crippen molar-refractivity contribution in [1.29, 1.82) is 0 Å². The summed E-state index contributed by atoms with van der Waals surface area (Å²) in [4.78, 5) is 0. The number of hydrogen-bond donors (Lipinski definition) is 1. The molecule has 0 aliphatic carbocycles. The normalized spacial score (nSPS) is 10.3. The first-order valence-electron chi connectivity index (χ1n) is 5.08. The van der Waals surface area contributed by atoms with Gasteiger partial charge < -0.3 is 5.32 Å². The van der Waals surface area contributed by atoms with E-state index in [9.17, 15) is 8.78 Å². The minimum absolute atomic E-state index is 0.305. The van der Waals surface area contributed by atoms with Crippen LogP contribution in [0.15, 0.2) is 42.5 Å². The molecule has 2 aromatic carbocycles. The maximum atomic E-state index is 12.9. The number of hydrogen-bond acceptors (Lipinski definition) is 1. The maximum Gasteiger partial charge on any atom is 0.125 e. The van der Waals surface area contributed by atoms with Crippen molar-refractivity contribution in [3.8, 4) is 0 Å². The van der Waals surface area contributed by atoms with Gasteiger partial charge in [-0.1, -0.05) is 23.7 Å². The predicted octanol–water partition coefficient (Wildman–Crippen LogP) is 4.23. The Morgan fingerprint density at radius 2 is 1.76 bits per heavy atom. The molecule has 4 heteroatoms. The van der Waals surface area contributed by atoms with Crippen molar-refractivity contribution in [3.63, 3.8) is 0 Å². The Kier molecular flexibility index (Phi) is 3.59. The molecule has 88 valence electrons. The molecular formula is C13H10ClF2N. The first kappa shape index (κ1) is 11.9. The van der Waals surface area contributed by atoms with Crippen LogP contribution in [-0.4, -0.2) is 0 Å². The Hall–Kier alpha value is -1.61. The molecule has 0 amide bonds. The van der Waals surface area contributed by atoms with Crippen LogP contribution in [0, 0.1) is 11.6 Å². The highest BCUT2D eigenvalue weighted by Gasteiger charge is 2.02. The van der Waals surface area contributed by atoms with Crippen LogP contribution in [0.4, 0.5) is 14.5 Å². The molecule has 0 aliphatic rings. The summed E-state index contributed by atoms with van der Waals surface area (Å²) >= 11 is 5.87. The highest BCUT2D eigenvalue weighted by molar-refractivity contribution is 6.31. The van der Waals surface area contributed by atoms with Crippen LogP contribution in [0.2, 0.25) is 5.02 Å². The number of nitrogens with one attached hydrogen (secondary N) is 1. The van der Waals surface area contributed by atoms with Crippen LogP contribution in [0.3, 0.4) is 0 Å². The van der Waals surface area contributed by atoms with Crippen molar-refractivity contribution < 1.29 is 8.78 Å². The van der Waals surface area contributed by atoms with Crippen LogP contribution >= 0.6 is 11.6 Å². The summed E-state index contributed by atoms with van der Waals surface area (Å²) in [6, 6.07) is 10.3. The second kappa shape index (κ2) is 5.15. The van der Waals surface area contributed by atoms with Crippen LogP contribution in [0.25, 0.3) is 0 Å². The van der Waals surface area contributed by atoms with Crippen LogP contribution < -0.4 is 5.32 Å². The zero-order chi connectivity index (χ0) is 12.3. The number of benzene rings is 2. The van der Waals surface area contributed by atoms with Gasteiger partial charge in [0.15, 0.2) is 0 Å². The summed E-state index contributed by atoms with van der Waals surface area (Å²) < 4.78 is 25.7. The van der Waals surface area contributed by atoms with E-state index in [1.165, 1.54) is 24.3 Å². The first-order chi connectivity index (χ1) is 8.15. The van der Waals surface area contributed by atoms with E-state index in [1.54, 1.807) is 18.2 Å². The molecule has 2 rings (SSSR count). The van der Waals surface area contributed by atoms with Gasteiger partial charge in [-0.15, -0.1) is 0 Å². The molecule has 0 aliphatic heterocycles. The fourth-order valence-electron chi connectivity index (χ4n) is 1.46. The van der Waals surface area contributed by atoms with E-state index in [1.807, 2.05) is 0 Å². The molecule has 2 aromatic rings. The number of rotatable bonds is 3. The van der Waals surface area contributed by atoms with Gasteiger partial charge in [-0.05, 0) is 35.9 Å². The van der Waals surface area contributed by atoms with E-state index >= 15 is 0 Å². The van der Waals surface area contributed by atoms with E-state index in [0.29, 0.717) is 17.3 Å². The van der Waals surface area contributed by atoms with E-state index in [4.69, 9.17) is 11.6 Å². The van der Waals surface area contributed by atoms with Gasteiger partial charge >= 0.3 is 0 Å². The van der Waals surface area contributed by atoms with Gasteiger partial charge in [-0.2, -0.15) is 0 Å². The molecule has 0 saturated carbocycles. The molecule has 0 spiro atoms. The monoisotopic (exact) mass is 253 g/mol. The number of halogens is 3. The molecule has 0 atom stereocenters. The van der Waals surface area contributed by atoms with Gasteiger partial charge in [0.05, 0.1) is 0 Å². The van der Waals surface area contributed by atoms with Crippen molar-refractivity contribution in [2.24, 2.45) is 0 Å². The Morgan fingerprint density at radius 3 is 2.47 bits per heavy atom. The standard InChI is InChI=1S/C13H10ClF2N/c14-13-7-11(16)5-4-9(13)8-17-12-3-1-2-10(15)6-12/h1-7,17H,8H2. The molecule has 1 nitrogen and oxygen atoms in total. The average molecular weight is 254 g/mol. The topological polar surface area (TPSA) is 12.0 Å². The summed E-state index contributed by atoms with van der Waals surface area (Å²) in [7, 11) is 0. The number of anilines is 1. The molecule has 17 heavy (non-hydrogen) atoms. The average Bonchev–Trinajstić information content (AvgIpc) is 2.28. The van der Waals surface area contributed by atoms with Crippen molar-refractivity contribution in [2.45, 2.75) is 6.54 Å². The van der Waals surface area contributed by atoms with E-state index in [2.05, 4.69) is 5.32 Å². The molecule has 0 radical (unpaired) electrons. The zero-order valence-corrected chi connectivity index (χ0v) is 9.64. The third-order valence-corrected chi connectivity index (χ3v) is 2.67. The summed E-state index contributed by atoms with van der Waals surface area (Å²) in [5.74, 6) is -0.676. The Morgan fingerprint density at radius 1 is 1.00 bits per heavy atom. The van der Waals surface area contributed by atoms with Gasteiger partial charge in [0.1, 0.15) is 11.6 Å². The third-order valence-electron chi connectivity index (χ3n) is 2.32. The van der Waals surface area contributed by atoms with Crippen molar-refractivity contribution in [1.82, 2.24) is 0 Å². The molecular weight excluding hydrogens is 244 g/mol. The predicted molar refractivity (Wildman–Crippen MR) is 65.1 cm³/mol. The minimum Gasteiger partial charge on any atom is -0.381 e. The second-order valence-corrected chi connectivity index (χ2v) is 4.01. The fourth-order valence-corrected chi connectivity index (χ4v) is 1.69. The molecule has 0 bridgehead atoms. The van der Waals surface area contributed by atoms with E-state index < -0.39 is 0 Å². The lowest BCUT2D eigenvalue weighted by Crippen LogP contribution is -2.00. The molecule has 0 unspecified atom stereocenters. The lowest BCUT2D eigenvalue weighted by atomic mass is 10.2. The lowest BCUT2D eigenvalue weighted by molar-refractivity contribution is 0.627. The lowest BCUT2D eigenvalue weighted by Gasteiger charge is -2.08. The highest BCUT2D eigenvalue weighted by atomic mass is 35.5. The molecule has 0 aromatic heterocycles. The van der Waals surface area contributed by atoms with Crippen LogP contribution in [-0.2, 0) is 6.54 Å². The van der Waals surface area contributed by atoms with Gasteiger partial charge in [-0.3, -0.25) is 0 Å². The van der Waals surface area contributed by atoms with E-state index in [0.717, 1.165) is 5.56 Å². The summed E-state index contributed by atoms with van der Waals surface area (Å²) in [5.41, 5.74) is 1.42. The smallest absolute Gasteiger partial charge is 0.125 e. The first-order valence-corrected chi connectivity index (χ1v) is 5.46. The van der Waals surface area contributed by atoms with Crippen LogP contribution in [0.1, 0.15) is 5.56 Å². The Labute approximate surface area is 103 Å². The van der Waals surface area contributed by atoms with Crippen molar-refractivity contribution in [2.75, 3.05) is 5.32 Å². The van der Waals surface area contributed by atoms with Crippen molar-refractivity contribution >= 4 is 17.3 Å². The molecule has 1 N–H and O–H groups in total. The van der Waals surface area contributed by atoms with Gasteiger partial charge in [0.25, 0.3) is 0 Å².